The summed E-state index contributed by atoms with van der Waals surface area (Å²) in [6.07, 6.45) is 2.48. The first-order valence-corrected chi connectivity index (χ1v) is 6.22. The molecule has 4 nitrogen and oxygen atoms in total. The van der Waals surface area contributed by atoms with Gasteiger partial charge in [0.1, 0.15) is 5.82 Å². The van der Waals surface area contributed by atoms with Crippen LogP contribution in [0.15, 0.2) is 18.2 Å². The standard InChI is InChI=1S/C13H18FN3O/c14-11-4-3-10(9-12(11)15)13(18)16-5-8-17-6-1-2-7-17/h3-4,9H,1-2,5-8,15H2,(H,16,18). The maximum atomic E-state index is 13.0. The van der Waals surface area contributed by atoms with Gasteiger partial charge in [0.25, 0.3) is 5.91 Å². The molecular weight excluding hydrogens is 233 g/mol. The number of benzene rings is 1. The Labute approximate surface area is 106 Å². The third-order valence-corrected chi connectivity index (χ3v) is 3.17. The number of likely N-dealkylation sites (tertiary alicyclic amines) is 1. The van der Waals surface area contributed by atoms with Crippen LogP contribution in [0, 0.1) is 5.82 Å². The topological polar surface area (TPSA) is 58.4 Å². The van der Waals surface area contributed by atoms with Crippen LogP contribution in [0.3, 0.4) is 0 Å². The molecule has 0 atom stereocenters. The largest absolute Gasteiger partial charge is 0.396 e. The van der Waals surface area contributed by atoms with Crippen molar-refractivity contribution in [2.75, 3.05) is 31.9 Å². The minimum atomic E-state index is -0.497. The Bertz CT molecular complexity index is 430. The smallest absolute Gasteiger partial charge is 0.251 e. The van der Waals surface area contributed by atoms with Gasteiger partial charge in [-0.25, -0.2) is 4.39 Å². The molecule has 1 heterocycles. The highest BCUT2D eigenvalue weighted by Gasteiger charge is 2.12. The molecule has 98 valence electrons. The summed E-state index contributed by atoms with van der Waals surface area (Å²) in [6.45, 7) is 3.69. The van der Waals surface area contributed by atoms with Crippen LogP contribution in [0.1, 0.15) is 23.2 Å². The number of halogens is 1. The summed E-state index contributed by atoms with van der Waals surface area (Å²) in [5.41, 5.74) is 5.82. The van der Waals surface area contributed by atoms with Gasteiger partial charge in [-0.05, 0) is 44.1 Å². The first kappa shape index (κ1) is 12.8. The highest BCUT2D eigenvalue weighted by atomic mass is 19.1. The zero-order valence-corrected chi connectivity index (χ0v) is 10.3. The quantitative estimate of drug-likeness (QED) is 0.791. The Morgan fingerprint density at radius 1 is 1.39 bits per heavy atom. The van der Waals surface area contributed by atoms with Crippen molar-refractivity contribution >= 4 is 11.6 Å². The predicted molar refractivity (Wildman–Crippen MR) is 68.8 cm³/mol. The second-order valence-electron chi connectivity index (χ2n) is 4.54. The second kappa shape index (κ2) is 5.82. The van der Waals surface area contributed by atoms with E-state index in [1.807, 2.05) is 0 Å². The zero-order chi connectivity index (χ0) is 13.0. The van der Waals surface area contributed by atoms with Crippen LogP contribution < -0.4 is 11.1 Å². The number of nitrogens with two attached hydrogens (primary N) is 1. The molecular formula is C13H18FN3O. The monoisotopic (exact) mass is 251 g/mol. The van der Waals surface area contributed by atoms with Crippen molar-refractivity contribution in [3.63, 3.8) is 0 Å². The molecule has 18 heavy (non-hydrogen) atoms. The summed E-state index contributed by atoms with van der Waals surface area (Å²) in [5, 5.41) is 2.81. The van der Waals surface area contributed by atoms with Crippen LogP contribution in [-0.2, 0) is 0 Å². The predicted octanol–water partition coefficient (Wildman–Crippen LogP) is 1.23. The first-order chi connectivity index (χ1) is 8.66. The van der Waals surface area contributed by atoms with Crippen molar-refractivity contribution in [3.05, 3.63) is 29.6 Å². The van der Waals surface area contributed by atoms with E-state index in [0.29, 0.717) is 12.1 Å². The van der Waals surface area contributed by atoms with E-state index in [1.165, 1.54) is 31.0 Å². The molecule has 0 saturated carbocycles. The fourth-order valence-electron chi connectivity index (χ4n) is 2.12. The average Bonchev–Trinajstić information content (AvgIpc) is 2.85. The molecule has 0 unspecified atom stereocenters. The van der Waals surface area contributed by atoms with Gasteiger partial charge in [-0.15, -0.1) is 0 Å². The van der Waals surface area contributed by atoms with Crippen LogP contribution in [0.2, 0.25) is 0 Å². The normalized spacial score (nSPS) is 15.8. The van der Waals surface area contributed by atoms with Crippen LogP contribution in [0.4, 0.5) is 10.1 Å². The van der Waals surface area contributed by atoms with Crippen molar-refractivity contribution in [3.8, 4) is 0 Å². The van der Waals surface area contributed by atoms with E-state index in [4.69, 9.17) is 5.73 Å². The van der Waals surface area contributed by atoms with Gasteiger partial charge >= 0.3 is 0 Å². The number of anilines is 1. The number of hydrogen-bond acceptors (Lipinski definition) is 3. The fourth-order valence-corrected chi connectivity index (χ4v) is 2.12. The minimum Gasteiger partial charge on any atom is -0.396 e. The summed E-state index contributed by atoms with van der Waals surface area (Å²) < 4.78 is 13.0. The van der Waals surface area contributed by atoms with Crippen molar-refractivity contribution < 1.29 is 9.18 Å². The number of rotatable bonds is 4. The number of amides is 1. The number of carbonyl (C=O) groups is 1. The van der Waals surface area contributed by atoms with Crippen LogP contribution in [0.25, 0.3) is 0 Å². The van der Waals surface area contributed by atoms with E-state index in [2.05, 4.69) is 10.2 Å². The molecule has 0 aromatic heterocycles. The lowest BCUT2D eigenvalue weighted by Crippen LogP contribution is -2.33. The Hall–Kier alpha value is -1.62. The molecule has 0 aliphatic carbocycles. The molecule has 3 N–H and O–H groups in total. The van der Waals surface area contributed by atoms with Crippen molar-refractivity contribution in [2.45, 2.75) is 12.8 Å². The molecule has 2 rings (SSSR count). The molecule has 0 spiro atoms. The number of nitrogens with zero attached hydrogens (tertiary/aromatic N) is 1. The molecule has 1 amide bonds. The molecule has 1 aliphatic heterocycles. The number of hydrogen-bond donors (Lipinski definition) is 2. The fraction of sp³-hybridized carbons (Fsp3) is 0.462. The summed E-state index contributed by atoms with van der Waals surface area (Å²) >= 11 is 0. The third kappa shape index (κ3) is 3.20. The van der Waals surface area contributed by atoms with Crippen molar-refractivity contribution in [1.82, 2.24) is 10.2 Å². The highest BCUT2D eigenvalue weighted by molar-refractivity contribution is 5.95. The Morgan fingerprint density at radius 2 is 2.11 bits per heavy atom. The van der Waals surface area contributed by atoms with Crippen molar-refractivity contribution in [2.24, 2.45) is 0 Å². The molecule has 0 bridgehead atoms. The van der Waals surface area contributed by atoms with E-state index in [1.54, 1.807) is 0 Å². The lowest BCUT2D eigenvalue weighted by atomic mass is 10.2. The van der Waals surface area contributed by atoms with Gasteiger partial charge in [0.15, 0.2) is 0 Å². The number of carbonyl (C=O) groups excluding carboxylic acids is 1. The summed E-state index contributed by atoms with van der Waals surface area (Å²) in [4.78, 5) is 14.1. The molecule has 1 aromatic rings. The molecule has 1 aromatic carbocycles. The van der Waals surface area contributed by atoms with E-state index in [-0.39, 0.29) is 11.6 Å². The number of nitrogens with one attached hydrogen (secondary N) is 1. The van der Waals surface area contributed by atoms with Gasteiger partial charge in [0, 0.05) is 18.7 Å². The van der Waals surface area contributed by atoms with Gasteiger partial charge in [-0.2, -0.15) is 0 Å². The van der Waals surface area contributed by atoms with Gasteiger partial charge in [-0.1, -0.05) is 0 Å². The molecule has 0 radical (unpaired) electrons. The lowest BCUT2D eigenvalue weighted by Gasteiger charge is -2.14. The maximum absolute atomic E-state index is 13.0. The Balaban J connectivity index is 1.81. The molecule has 1 aliphatic rings. The van der Waals surface area contributed by atoms with E-state index >= 15 is 0 Å². The summed E-state index contributed by atoms with van der Waals surface area (Å²) in [7, 11) is 0. The third-order valence-electron chi connectivity index (χ3n) is 3.17. The van der Waals surface area contributed by atoms with Gasteiger partial charge in [0.05, 0.1) is 5.69 Å². The summed E-state index contributed by atoms with van der Waals surface area (Å²) in [6, 6.07) is 4.02. The molecule has 1 fully saturated rings. The zero-order valence-electron chi connectivity index (χ0n) is 10.3. The van der Waals surface area contributed by atoms with E-state index in [0.717, 1.165) is 19.6 Å². The minimum absolute atomic E-state index is 0.00203. The molecule has 5 heteroatoms. The Kier molecular flexibility index (Phi) is 4.15. The second-order valence-corrected chi connectivity index (χ2v) is 4.54. The first-order valence-electron chi connectivity index (χ1n) is 6.22. The van der Waals surface area contributed by atoms with Crippen LogP contribution in [0.5, 0.6) is 0 Å². The Morgan fingerprint density at radius 3 is 2.78 bits per heavy atom. The SMILES string of the molecule is Nc1cc(C(=O)NCCN2CCCC2)ccc1F. The van der Waals surface area contributed by atoms with Crippen molar-refractivity contribution in [1.29, 1.82) is 0 Å². The maximum Gasteiger partial charge on any atom is 0.251 e. The average molecular weight is 251 g/mol. The van der Waals surface area contributed by atoms with Gasteiger partial charge in [-0.3, -0.25) is 4.79 Å². The van der Waals surface area contributed by atoms with Gasteiger partial charge < -0.3 is 16.0 Å². The number of nitrogen functional groups attached to an aromatic ring is 1. The van der Waals surface area contributed by atoms with E-state index < -0.39 is 5.82 Å². The summed E-state index contributed by atoms with van der Waals surface area (Å²) in [5.74, 6) is -0.704. The lowest BCUT2D eigenvalue weighted by molar-refractivity contribution is 0.0950. The molecule has 1 saturated heterocycles. The van der Waals surface area contributed by atoms with E-state index in [9.17, 15) is 9.18 Å². The van der Waals surface area contributed by atoms with Gasteiger partial charge in [0.2, 0.25) is 0 Å². The van der Waals surface area contributed by atoms with Crippen LogP contribution >= 0.6 is 0 Å². The van der Waals surface area contributed by atoms with Crippen LogP contribution in [-0.4, -0.2) is 37.0 Å². The highest BCUT2D eigenvalue weighted by Crippen LogP contribution is 2.12.